The Morgan fingerprint density at radius 3 is 2.85 bits per heavy atom. The van der Waals surface area contributed by atoms with Gasteiger partial charge in [-0.25, -0.2) is 18.8 Å². The van der Waals surface area contributed by atoms with E-state index >= 15 is 4.39 Å². The normalized spacial score (nSPS) is 29.8. The molecule has 142 valence electrons. The Hall–Kier alpha value is -2.89. The van der Waals surface area contributed by atoms with E-state index in [0.29, 0.717) is 0 Å². The van der Waals surface area contributed by atoms with E-state index < -0.39 is 55.0 Å². The molecule has 2 aliphatic rings. The van der Waals surface area contributed by atoms with Crippen LogP contribution in [0.25, 0.3) is 0 Å². The number of aromatic nitrogens is 2. The molecule has 1 aromatic rings. The lowest BCUT2D eigenvalue weighted by atomic mass is 10.1. The van der Waals surface area contributed by atoms with Crippen LogP contribution < -0.4 is 11.4 Å². The largest absolute Gasteiger partial charge is 0.509 e. The third kappa shape index (κ3) is 3.27. The highest BCUT2D eigenvalue weighted by Crippen LogP contribution is 2.44. The van der Waals surface area contributed by atoms with E-state index in [4.69, 9.17) is 24.7 Å². The number of carbonyl (C=O) groups is 2. The number of fused-ring (bicyclic) bond motifs is 1. The Labute approximate surface area is 145 Å². The molecule has 1 aromatic heterocycles. The highest BCUT2D eigenvalue weighted by Gasteiger charge is 2.65. The Morgan fingerprint density at radius 2 is 2.19 bits per heavy atom. The number of hydrogen-bond acceptors (Lipinski definition) is 10. The van der Waals surface area contributed by atoms with Gasteiger partial charge in [0.15, 0.2) is 18.9 Å². The highest BCUT2D eigenvalue weighted by atomic mass is 19.2. The maximum Gasteiger partial charge on any atom is 0.509 e. The summed E-state index contributed by atoms with van der Waals surface area (Å²) in [7, 11) is 0. The SMILES string of the molecule is CC(C)OC(=O)OC[C@@]1(F)O[C@@H](n2ccc(N)nc2=O)[C@@H]2OC(=O)O[C@@H]21. The molecular formula is C14H16FN3O8. The molecule has 0 unspecified atom stereocenters. The van der Waals surface area contributed by atoms with Crippen LogP contribution in [0.2, 0.25) is 0 Å². The fraction of sp³-hybridized carbons (Fsp3) is 0.571. The van der Waals surface area contributed by atoms with E-state index in [9.17, 15) is 14.4 Å². The zero-order valence-corrected chi connectivity index (χ0v) is 13.8. The van der Waals surface area contributed by atoms with Crippen molar-refractivity contribution in [2.45, 2.75) is 44.2 Å². The highest BCUT2D eigenvalue weighted by molar-refractivity contribution is 5.63. The molecule has 4 atom stereocenters. The molecule has 2 aliphatic heterocycles. The number of carbonyl (C=O) groups excluding carboxylic acids is 2. The summed E-state index contributed by atoms with van der Waals surface area (Å²) >= 11 is 0. The van der Waals surface area contributed by atoms with E-state index in [2.05, 4.69) is 9.72 Å². The Bertz CT molecular complexity index is 784. The van der Waals surface area contributed by atoms with Crippen molar-refractivity contribution in [1.82, 2.24) is 9.55 Å². The zero-order chi connectivity index (χ0) is 19.1. The van der Waals surface area contributed by atoms with E-state index in [1.54, 1.807) is 13.8 Å². The van der Waals surface area contributed by atoms with Gasteiger partial charge in [-0.2, -0.15) is 4.98 Å². The van der Waals surface area contributed by atoms with E-state index in [1.807, 2.05) is 0 Å². The predicted octanol–water partition coefficient (Wildman–Crippen LogP) is 0.486. The molecule has 0 spiro atoms. The fourth-order valence-electron chi connectivity index (χ4n) is 2.58. The quantitative estimate of drug-likeness (QED) is 0.741. The van der Waals surface area contributed by atoms with Gasteiger partial charge in [0.1, 0.15) is 5.82 Å². The van der Waals surface area contributed by atoms with Crippen molar-refractivity contribution >= 4 is 18.1 Å². The minimum Gasteiger partial charge on any atom is -0.432 e. The first-order valence-electron chi connectivity index (χ1n) is 7.61. The van der Waals surface area contributed by atoms with Crippen molar-refractivity contribution in [3.8, 4) is 0 Å². The number of nitrogens with zero attached hydrogens (tertiary/aromatic N) is 2. The van der Waals surface area contributed by atoms with E-state index in [-0.39, 0.29) is 5.82 Å². The minimum atomic E-state index is -2.75. The van der Waals surface area contributed by atoms with Crippen molar-refractivity contribution < 1.29 is 37.7 Å². The van der Waals surface area contributed by atoms with Crippen molar-refractivity contribution in [1.29, 1.82) is 0 Å². The van der Waals surface area contributed by atoms with Gasteiger partial charge in [-0.3, -0.25) is 4.57 Å². The summed E-state index contributed by atoms with van der Waals surface area (Å²) < 4.78 is 40.4. The lowest BCUT2D eigenvalue weighted by Crippen LogP contribution is -2.43. The Balaban J connectivity index is 1.82. The Morgan fingerprint density at radius 1 is 1.46 bits per heavy atom. The number of rotatable bonds is 4. The average Bonchev–Trinajstić information content (AvgIpc) is 3.03. The topological polar surface area (TPSA) is 141 Å². The summed E-state index contributed by atoms with van der Waals surface area (Å²) in [6.07, 6.45) is -5.78. The summed E-state index contributed by atoms with van der Waals surface area (Å²) in [6.45, 7) is 2.22. The number of alkyl halides is 1. The predicted molar refractivity (Wildman–Crippen MR) is 79.6 cm³/mol. The second kappa shape index (κ2) is 6.44. The van der Waals surface area contributed by atoms with Crippen LogP contribution in [-0.2, 0) is 23.7 Å². The number of nitrogens with two attached hydrogens (primary N) is 1. The summed E-state index contributed by atoms with van der Waals surface area (Å²) in [6, 6.07) is 1.28. The molecule has 0 amide bonds. The first-order valence-corrected chi connectivity index (χ1v) is 7.61. The van der Waals surface area contributed by atoms with Gasteiger partial charge in [0.2, 0.25) is 6.10 Å². The van der Waals surface area contributed by atoms with Crippen LogP contribution in [0.15, 0.2) is 17.1 Å². The van der Waals surface area contributed by atoms with Crippen molar-refractivity contribution in [3.05, 3.63) is 22.7 Å². The number of nitrogen functional groups attached to an aromatic ring is 1. The van der Waals surface area contributed by atoms with Gasteiger partial charge in [0.05, 0.1) is 6.10 Å². The first kappa shape index (κ1) is 17.9. The monoisotopic (exact) mass is 373 g/mol. The number of hydrogen-bond donors (Lipinski definition) is 1. The van der Waals surface area contributed by atoms with Crippen molar-refractivity contribution in [2.75, 3.05) is 12.3 Å². The molecule has 2 N–H and O–H groups in total. The molecule has 3 rings (SSSR count). The molecule has 2 fully saturated rings. The molecule has 0 bridgehead atoms. The molecule has 26 heavy (non-hydrogen) atoms. The third-order valence-corrected chi connectivity index (χ3v) is 3.62. The van der Waals surface area contributed by atoms with Gasteiger partial charge >= 0.3 is 18.0 Å². The number of ether oxygens (including phenoxy) is 5. The molecule has 0 aliphatic carbocycles. The van der Waals surface area contributed by atoms with Crippen LogP contribution in [0, 0.1) is 0 Å². The molecule has 12 heteroatoms. The van der Waals surface area contributed by atoms with Gasteiger partial charge in [-0.1, -0.05) is 0 Å². The van der Waals surface area contributed by atoms with E-state index in [1.165, 1.54) is 12.3 Å². The van der Waals surface area contributed by atoms with Crippen LogP contribution in [0.5, 0.6) is 0 Å². The summed E-state index contributed by atoms with van der Waals surface area (Å²) in [4.78, 5) is 38.4. The molecular weight excluding hydrogens is 357 g/mol. The second-order valence-electron chi connectivity index (χ2n) is 5.91. The Kier molecular flexibility index (Phi) is 4.44. The summed E-state index contributed by atoms with van der Waals surface area (Å²) in [5.74, 6) is -2.80. The maximum absolute atomic E-state index is 15.2. The van der Waals surface area contributed by atoms with Crippen LogP contribution in [0.4, 0.5) is 19.8 Å². The molecule has 0 radical (unpaired) electrons. The lowest BCUT2D eigenvalue weighted by molar-refractivity contribution is -0.213. The minimum absolute atomic E-state index is 0.0493. The molecule has 3 heterocycles. The van der Waals surface area contributed by atoms with Crippen molar-refractivity contribution in [3.63, 3.8) is 0 Å². The summed E-state index contributed by atoms with van der Waals surface area (Å²) in [5.41, 5.74) is 4.56. The molecule has 11 nitrogen and oxygen atoms in total. The summed E-state index contributed by atoms with van der Waals surface area (Å²) in [5, 5.41) is 0. The lowest BCUT2D eigenvalue weighted by Gasteiger charge is -2.23. The number of halogens is 1. The fourth-order valence-corrected chi connectivity index (χ4v) is 2.58. The average molecular weight is 373 g/mol. The molecule has 0 saturated carbocycles. The van der Waals surface area contributed by atoms with Crippen LogP contribution >= 0.6 is 0 Å². The second-order valence-corrected chi connectivity index (χ2v) is 5.91. The van der Waals surface area contributed by atoms with Gasteiger partial charge in [0, 0.05) is 6.20 Å². The smallest absolute Gasteiger partial charge is 0.432 e. The van der Waals surface area contributed by atoms with Crippen molar-refractivity contribution in [2.24, 2.45) is 0 Å². The van der Waals surface area contributed by atoms with Gasteiger partial charge < -0.3 is 29.4 Å². The zero-order valence-electron chi connectivity index (χ0n) is 13.8. The molecule has 2 saturated heterocycles. The van der Waals surface area contributed by atoms with Crippen LogP contribution in [0.1, 0.15) is 20.1 Å². The van der Waals surface area contributed by atoms with Gasteiger partial charge in [-0.05, 0) is 19.9 Å². The standard InChI is InChI=1S/C14H16FN3O8/c1-6(2)23-12(20)22-5-14(15)9-8(24-13(21)25-9)10(26-14)18-4-3-7(16)17-11(18)19/h3-4,6,8-10H,5H2,1-2H3,(H2,16,17,19)/t8-,9+,10-,14-/m1/s1. The first-order chi connectivity index (χ1) is 12.2. The van der Waals surface area contributed by atoms with Gasteiger partial charge in [0.25, 0.3) is 5.85 Å². The van der Waals surface area contributed by atoms with E-state index in [0.717, 1.165) is 4.57 Å². The maximum atomic E-state index is 15.2. The van der Waals surface area contributed by atoms with Crippen LogP contribution in [-0.4, -0.2) is 52.6 Å². The number of anilines is 1. The van der Waals surface area contributed by atoms with Gasteiger partial charge in [-0.15, -0.1) is 0 Å². The molecule has 0 aromatic carbocycles. The van der Waals surface area contributed by atoms with Crippen LogP contribution in [0.3, 0.4) is 0 Å². The third-order valence-electron chi connectivity index (χ3n) is 3.62.